The number of hydrogen-bond acceptors (Lipinski definition) is 6. The van der Waals surface area contributed by atoms with Gasteiger partial charge in [0.15, 0.2) is 0 Å². The van der Waals surface area contributed by atoms with Crippen LogP contribution < -0.4 is 5.32 Å². The highest BCUT2D eigenvalue weighted by Gasteiger charge is 2.44. The molecule has 29 heavy (non-hydrogen) atoms. The molecule has 0 aromatic rings. The van der Waals surface area contributed by atoms with Crippen molar-refractivity contribution in [2.24, 2.45) is 11.3 Å². The van der Waals surface area contributed by atoms with Crippen molar-refractivity contribution in [2.45, 2.75) is 97.7 Å². The molecule has 0 aromatic carbocycles. The van der Waals surface area contributed by atoms with Gasteiger partial charge in [0.05, 0.1) is 11.3 Å². The second kappa shape index (κ2) is 10.4. The van der Waals surface area contributed by atoms with Crippen molar-refractivity contribution in [1.82, 2.24) is 5.32 Å². The molecule has 0 aliphatic heterocycles. The summed E-state index contributed by atoms with van der Waals surface area (Å²) in [6.07, 6.45) is 4.09. The Morgan fingerprint density at radius 2 is 1.55 bits per heavy atom. The number of esters is 2. The van der Waals surface area contributed by atoms with Gasteiger partial charge >= 0.3 is 17.9 Å². The van der Waals surface area contributed by atoms with Crippen molar-refractivity contribution >= 4 is 17.9 Å². The van der Waals surface area contributed by atoms with Crippen LogP contribution in [0.3, 0.4) is 0 Å². The number of ether oxygens (including phenoxy) is 2. The third kappa shape index (κ3) is 9.61. The number of carboxylic acid groups (broad SMARTS) is 1. The maximum Gasteiger partial charge on any atom is 0.310 e. The molecule has 0 saturated heterocycles. The van der Waals surface area contributed by atoms with Crippen LogP contribution in [0.4, 0.5) is 0 Å². The first-order valence-corrected chi connectivity index (χ1v) is 10.6. The summed E-state index contributed by atoms with van der Waals surface area (Å²) < 4.78 is 10.8. The van der Waals surface area contributed by atoms with E-state index in [1.807, 2.05) is 20.8 Å². The summed E-state index contributed by atoms with van der Waals surface area (Å²) in [5.41, 5.74) is -1.98. The van der Waals surface area contributed by atoms with Gasteiger partial charge in [0.1, 0.15) is 11.2 Å². The normalized spacial score (nSPS) is 17.6. The van der Waals surface area contributed by atoms with Gasteiger partial charge in [-0.1, -0.05) is 12.8 Å². The van der Waals surface area contributed by atoms with Gasteiger partial charge in [-0.2, -0.15) is 0 Å². The molecule has 0 amide bonds. The van der Waals surface area contributed by atoms with Crippen LogP contribution in [0.25, 0.3) is 0 Å². The molecule has 0 radical (unpaired) electrons. The van der Waals surface area contributed by atoms with E-state index in [1.165, 1.54) is 0 Å². The van der Waals surface area contributed by atoms with Gasteiger partial charge in [-0.05, 0) is 73.8 Å². The lowest BCUT2D eigenvalue weighted by Crippen LogP contribution is -2.40. The fourth-order valence-electron chi connectivity index (χ4n) is 3.68. The first kappa shape index (κ1) is 25.4. The van der Waals surface area contributed by atoms with Crippen molar-refractivity contribution in [1.29, 1.82) is 0 Å². The molecule has 1 fully saturated rings. The summed E-state index contributed by atoms with van der Waals surface area (Å²) >= 11 is 0. The van der Waals surface area contributed by atoms with Crippen LogP contribution >= 0.6 is 0 Å². The Hall–Kier alpha value is -1.63. The van der Waals surface area contributed by atoms with Crippen molar-refractivity contribution in [3.8, 4) is 0 Å². The predicted molar refractivity (Wildman–Crippen MR) is 110 cm³/mol. The predicted octanol–water partition coefficient (Wildman–Crippen LogP) is 3.69. The highest BCUT2D eigenvalue weighted by atomic mass is 16.6. The van der Waals surface area contributed by atoms with E-state index >= 15 is 0 Å². The number of hydrogen-bond donors (Lipinski definition) is 2. The molecule has 2 N–H and O–H groups in total. The highest BCUT2D eigenvalue weighted by Crippen LogP contribution is 2.43. The first-order valence-electron chi connectivity index (χ1n) is 10.6. The highest BCUT2D eigenvalue weighted by molar-refractivity contribution is 5.78. The Bertz CT molecular complexity index is 567. The third-order valence-electron chi connectivity index (χ3n) is 4.94. The second-order valence-corrected chi connectivity index (χ2v) is 10.1. The monoisotopic (exact) mass is 413 g/mol. The number of carbonyl (C=O) groups is 3. The summed E-state index contributed by atoms with van der Waals surface area (Å²) in [6.45, 7) is 11.8. The van der Waals surface area contributed by atoms with Gasteiger partial charge in [-0.15, -0.1) is 0 Å². The van der Waals surface area contributed by atoms with Crippen LogP contribution in [0, 0.1) is 11.3 Å². The van der Waals surface area contributed by atoms with Crippen molar-refractivity contribution in [3.05, 3.63) is 0 Å². The Labute approximate surface area is 174 Å². The number of rotatable bonds is 10. The smallest absolute Gasteiger partial charge is 0.310 e. The van der Waals surface area contributed by atoms with E-state index in [2.05, 4.69) is 5.32 Å². The van der Waals surface area contributed by atoms with Gasteiger partial charge in [0, 0.05) is 13.0 Å². The van der Waals surface area contributed by atoms with Crippen LogP contribution in [-0.4, -0.2) is 47.3 Å². The lowest BCUT2D eigenvalue weighted by Gasteiger charge is -2.30. The van der Waals surface area contributed by atoms with Crippen LogP contribution in [0.2, 0.25) is 0 Å². The minimum Gasteiger partial charge on any atom is -0.481 e. The molecule has 7 nitrogen and oxygen atoms in total. The fourth-order valence-corrected chi connectivity index (χ4v) is 3.68. The van der Waals surface area contributed by atoms with Gasteiger partial charge in [-0.3, -0.25) is 14.4 Å². The third-order valence-corrected chi connectivity index (χ3v) is 4.94. The van der Waals surface area contributed by atoms with E-state index in [-0.39, 0.29) is 18.4 Å². The standard InChI is InChI=1S/C22H39NO6/c1-20(2,3)28-17(24)10-9-13-23-15-16(18(25)29-21(4,5)6)14-22(19(26)27)11-7-8-12-22/h16,23H,7-15H2,1-6H3,(H,26,27)/t16-/m0/s1. The quantitative estimate of drug-likeness (QED) is 0.416. The van der Waals surface area contributed by atoms with Crippen molar-refractivity contribution in [3.63, 3.8) is 0 Å². The number of nitrogens with one attached hydrogen (secondary N) is 1. The molecule has 1 aliphatic carbocycles. The summed E-state index contributed by atoms with van der Waals surface area (Å²) in [6, 6.07) is 0. The average molecular weight is 414 g/mol. The second-order valence-electron chi connectivity index (χ2n) is 10.1. The maximum absolute atomic E-state index is 12.7. The molecule has 168 valence electrons. The number of carbonyl (C=O) groups excluding carboxylic acids is 2. The Morgan fingerprint density at radius 3 is 2.03 bits per heavy atom. The lowest BCUT2D eigenvalue weighted by molar-refractivity contribution is -0.163. The van der Waals surface area contributed by atoms with E-state index in [4.69, 9.17) is 9.47 Å². The van der Waals surface area contributed by atoms with Gasteiger partial charge < -0.3 is 19.9 Å². The first-order chi connectivity index (χ1) is 13.2. The fraction of sp³-hybridized carbons (Fsp3) is 0.864. The molecule has 1 saturated carbocycles. The molecular formula is C22H39NO6. The SMILES string of the molecule is CC(C)(C)OC(=O)CCCNC[C@H](CC1(C(=O)O)CCCC1)C(=O)OC(C)(C)C. The molecule has 0 aromatic heterocycles. The van der Waals surface area contributed by atoms with E-state index in [0.717, 1.165) is 12.8 Å². The molecule has 0 heterocycles. The molecule has 0 unspecified atom stereocenters. The van der Waals surface area contributed by atoms with Gasteiger partial charge in [0.2, 0.25) is 0 Å². The minimum atomic E-state index is -0.847. The number of carboxylic acids is 1. The summed E-state index contributed by atoms with van der Waals surface area (Å²) in [7, 11) is 0. The van der Waals surface area contributed by atoms with E-state index in [9.17, 15) is 19.5 Å². The molecule has 0 spiro atoms. The molecule has 1 atom stereocenters. The van der Waals surface area contributed by atoms with E-state index in [1.54, 1.807) is 20.8 Å². The largest absolute Gasteiger partial charge is 0.481 e. The zero-order valence-corrected chi connectivity index (χ0v) is 18.9. The lowest BCUT2D eigenvalue weighted by atomic mass is 9.77. The molecule has 7 heteroatoms. The van der Waals surface area contributed by atoms with Crippen LogP contribution in [-0.2, 0) is 23.9 Å². The summed E-state index contributed by atoms with van der Waals surface area (Å²) in [5, 5.41) is 13.0. The topological polar surface area (TPSA) is 102 Å². The Balaban J connectivity index is 2.62. The van der Waals surface area contributed by atoms with E-state index < -0.39 is 28.5 Å². The molecular weight excluding hydrogens is 374 g/mol. The average Bonchev–Trinajstić information content (AvgIpc) is 3.00. The summed E-state index contributed by atoms with van der Waals surface area (Å²) in [4.78, 5) is 36.4. The number of aliphatic carboxylic acids is 1. The molecule has 1 aliphatic rings. The van der Waals surface area contributed by atoms with Crippen LogP contribution in [0.5, 0.6) is 0 Å². The minimum absolute atomic E-state index is 0.251. The zero-order valence-electron chi connectivity index (χ0n) is 18.9. The van der Waals surface area contributed by atoms with Gasteiger partial charge in [-0.25, -0.2) is 0 Å². The maximum atomic E-state index is 12.7. The zero-order chi connectivity index (χ0) is 22.3. The molecule has 1 rings (SSSR count). The van der Waals surface area contributed by atoms with Crippen LogP contribution in [0.15, 0.2) is 0 Å². The van der Waals surface area contributed by atoms with Crippen molar-refractivity contribution < 1.29 is 29.0 Å². The van der Waals surface area contributed by atoms with Gasteiger partial charge in [0.25, 0.3) is 0 Å². The van der Waals surface area contributed by atoms with Crippen molar-refractivity contribution in [2.75, 3.05) is 13.1 Å². The molecule has 0 bridgehead atoms. The Kier molecular flexibility index (Phi) is 9.12. The van der Waals surface area contributed by atoms with Crippen LogP contribution in [0.1, 0.15) is 86.5 Å². The summed E-state index contributed by atoms with van der Waals surface area (Å²) in [5.74, 6) is -1.98. The Morgan fingerprint density at radius 1 is 1.00 bits per heavy atom. The van der Waals surface area contributed by atoms with E-state index in [0.29, 0.717) is 38.8 Å².